The average Bonchev–Trinajstić information content (AvgIpc) is 2.84. The van der Waals surface area contributed by atoms with Crippen LogP contribution in [0.4, 0.5) is 5.69 Å². The van der Waals surface area contributed by atoms with Crippen molar-refractivity contribution in [2.24, 2.45) is 5.92 Å². The van der Waals surface area contributed by atoms with Gasteiger partial charge in [-0.15, -0.1) is 0 Å². The van der Waals surface area contributed by atoms with Gasteiger partial charge in [0.1, 0.15) is 5.69 Å². The number of H-pyrrole nitrogens is 1. The van der Waals surface area contributed by atoms with Crippen LogP contribution in [-0.4, -0.2) is 9.55 Å². The standard InChI is InChI=1S/C8H11N3O2/c9-6-4-11(3-5-1-2-5)8(13)10-7(6)12/h4-5H,1-3,9H2,(H,10,12,13). The number of hydrogen-bond acceptors (Lipinski definition) is 3. The summed E-state index contributed by atoms with van der Waals surface area (Å²) in [7, 11) is 0. The lowest BCUT2D eigenvalue weighted by Crippen LogP contribution is -2.31. The summed E-state index contributed by atoms with van der Waals surface area (Å²) >= 11 is 0. The first-order chi connectivity index (χ1) is 6.16. The van der Waals surface area contributed by atoms with Gasteiger partial charge in [0.2, 0.25) is 0 Å². The highest BCUT2D eigenvalue weighted by atomic mass is 16.2. The molecular formula is C8H11N3O2. The number of nitrogens with two attached hydrogens (primary N) is 1. The van der Waals surface area contributed by atoms with Gasteiger partial charge in [-0.2, -0.15) is 0 Å². The molecule has 1 saturated carbocycles. The molecule has 0 amide bonds. The van der Waals surface area contributed by atoms with Crippen LogP contribution < -0.4 is 17.0 Å². The molecule has 1 aliphatic carbocycles. The molecule has 0 aliphatic heterocycles. The minimum absolute atomic E-state index is 0.0975. The van der Waals surface area contributed by atoms with Crippen LogP contribution in [-0.2, 0) is 6.54 Å². The number of aromatic nitrogens is 2. The van der Waals surface area contributed by atoms with E-state index in [0.717, 1.165) is 12.8 Å². The zero-order valence-corrected chi connectivity index (χ0v) is 7.12. The molecule has 1 aromatic heterocycles. The molecule has 1 aromatic rings. The van der Waals surface area contributed by atoms with E-state index >= 15 is 0 Å². The van der Waals surface area contributed by atoms with Crippen LogP contribution in [0.1, 0.15) is 12.8 Å². The molecule has 1 heterocycles. The molecule has 0 radical (unpaired) electrons. The number of nitrogens with one attached hydrogen (secondary N) is 1. The first-order valence-corrected chi connectivity index (χ1v) is 4.26. The lowest BCUT2D eigenvalue weighted by molar-refractivity contribution is 0.591. The Balaban J connectivity index is 2.38. The van der Waals surface area contributed by atoms with E-state index in [-0.39, 0.29) is 11.4 Å². The highest BCUT2D eigenvalue weighted by molar-refractivity contribution is 5.30. The van der Waals surface area contributed by atoms with Gasteiger partial charge in [0, 0.05) is 12.7 Å². The summed E-state index contributed by atoms with van der Waals surface area (Å²) in [5.74, 6) is 0.586. The highest BCUT2D eigenvalue weighted by Gasteiger charge is 2.22. The molecule has 0 spiro atoms. The highest BCUT2D eigenvalue weighted by Crippen LogP contribution is 2.29. The van der Waals surface area contributed by atoms with E-state index in [0.29, 0.717) is 12.5 Å². The zero-order chi connectivity index (χ0) is 9.42. The van der Waals surface area contributed by atoms with Crippen molar-refractivity contribution in [2.75, 3.05) is 5.73 Å². The molecule has 0 atom stereocenters. The van der Waals surface area contributed by atoms with Crippen molar-refractivity contribution in [3.63, 3.8) is 0 Å². The Kier molecular flexibility index (Phi) is 1.72. The lowest BCUT2D eigenvalue weighted by atomic mass is 10.4. The fourth-order valence-electron chi connectivity index (χ4n) is 1.24. The van der Waals surface area contributed by atoms with E-state index in [2.05, 4.69) is 4.98 Å². The Morgan fingerprint density at radius 3 is 2.85 bits per heavy atom. The van der Waals surface area contributed by atoms with Crippen LogP contribution in [0.5, 0.6) is 0 Å². The van der Waals surface area contributed by atoms with Crippen molar-refractivity contribution < 1.29 is 0 Å². The lowest BCUT2D eigenvalue weighted by Gasteiger charge is -2.03. The van der Waals surface area contributed by atoms with Gasteiger partial charge in [-0.25, -0.2) is 4.79 Å². The summed E-state index contributed by atoms with van der Waals surface area (Å²) in [6.45, 7) is 0.666. The van der Waals surface area contributed by atoms with Crippen LogP contribution in [0.3, 0.4) is 0 Å². The Hall–Kier alpha value is -1.52. The molecule has 70 valence electrons. The quantitative estimate of drug-likeness (QED) is 0.647. The molecule has 2 rings (SSSR count). The smallest absolute Gasteiger partial charge is 0.328 e. The van der Waals surface area contributed by atoms with E-state index in [4.69, 9.17) is 5.73 Å². The van der Waals surface area contributed by atoms with Gasteiger partial charge in [-0.1, -0.05) is 0 Å². The number of nitrogens with zero attached hydrogens (tertiary/aromatic N) is 1. The zero-order valence-electron chi connectivity index (χ0n) is 7.12. The molecule has 1 aliphatic rings. The predicted molar refractivity (Wildman–Crippen MR) is 48.5 cm³/mol. The molecule has 3 N–H and O–H groups in total. The van der Waals surface area contributed by atoms with Crippen molar-refractivity contribution >= 4 is 5.69 Å². The molecule has 0 unspecified atom stereocenters. The average molecular weight is 181 g/mol. The second-order valence-corrected chi connectivity index (χ2v) is 3.44. The molecule has 13 heavy (non-hydrogen) atoms. The van der Waals surface area contributed by atoms with E-state index in [1.807, 2.05) is 0 Å². The van der Waals surface area contributed by atoms with Gasteiger partial charge >= 0.3 is 5.69 Å². The van der Waals surface area contributed by atoms with Crippen LogP contribution in [0.25, 0.3) is 0 Å². The van der Waals surface area contributed by atoms with Gasteiger partial charge in [0.05, 0.1) is 0 Å². The maximum Gasteiger partial charge on any atom is 0.328 e. The van der Waals surface area contributed by atoms with Crippen LogP contribution in [0, 0.1) is 5.92 Å². The molecule has 0 bridgehead atoms. The Labute approximate surface area is 74.2 Å². The molecule has 1 fully saturated rings. The predicted octanol–water partition coefficient (Wildman–Crippen LogP) is -0.471. The topological polar surface area (TPSA) is 80.9 Å². The summed E-state index contributed by atoms with van der Waals surface area (Å²) in [4.78, 5) is 24.3. The van der Waals surface area contributed by atoms with E-state index in [1.54, 1.807) is 0 Å². The number of nitrogen functional groups attached to an aromatic ring is 1. The Morgan fingerprint density at radius 2 is 2.23 bits per heavy atom. The third-order valence-corrected chi connectivity index (χ3v) is 2.19. The van der Waals surface area contributed by atoms with E-state index < -0.39 is 5.56 Å². The van der Waals surface area contributed by atoms with Crippen LogP contribution in [0.2, 0.25) is 0 Å². The number of rotatable bonds is 2. The van der Waals surface area contributed by atoms with Crippen LogP contribution in [0.15, 0.2) is 15.8 Å². The van der Waals surface area contributed by atoms with Gasteiger partial charge in [-0.3, -0.25) is 14.3 Å². The molecule has 0 aromatic carbocycles. The first-order valence-electron chi connectivity index (χ1n) is 4.26. The van der Waals surface area contributed by atoms with Crippen molar-refractivity contribution in [3.05, 3.63) is 27.0 Å². The van der Waals surface area contributed by atoms with Gasteiger partial charge in [-0.05, 0) is 18.8 Å². The minimum Gasteiger partial charge on any atom is -0.393 e. The summed E-state index contributed by atoms with van der Waals surface area (Å²) in [6.07, 6.45) is 3.73. The third-order valence-electron chi connectivity index (χ3n) is 2.19. The van der Waals surface area contributed by atoms with Gasteiger partial charge < -0.3 is 5.73 Å². The van der Waals surface area contributed by atoms with E-state index in [9.17, 15) is 9.59 Å². The third kappa shape index (κ3) is 1.63. The summed E-state index contributed by atoms with van der Waals surface area (Å²) in [5.41, 5.74) is 4.61. The van der Waals surface area contributed by atoms with Gasteiger partial charge in [0.15, 0.2) is 0 Å². The van der Waals surface area contributed by atoms with Crippen molar-refractivity contribution in [1.29, 1.82) is 0 Å². The molecule has 0 saturated heterocycles. The molecule has 5 heteroatoms. The first kappa shape index (κ1) is 8.10. The summed E-state index contributed by atoms with van der Waals surface area (Å²) in [5, 5.41) is 0. The Bertz CT molecular complexity index is 428. The van der Waals surface area contributed by atoms with Gasteiger partial charge in [0.25, 0.3) is 5.56 Å². The maximum absolute atomic E-state index is 11.2. The van der Waals surface area contributed by atoms with E-state index in [1.165, 1.54) is 10.8 Å². The second kappa shape index (κ2) is 2.76. The maximum atomic E-state index is 11.2. The number of aromatic amines is 1. The summed E-state index contributed by atoms with van der Waals surface area (Å²) < 4.78 is 1.47. The van der Waals surface area contributed by atoms with Crippen LogP contribution >= 0.6 is 0 Å². The SMILES string of the molecule is Nc1cn(CC2CC2)c(=O)[nH]c1=O. The van der Waals surface area contributed by atoms with Crippen molar-refractivity contribution in [1.82, 2.24) is 9.55 Å². The van der Waals surface area contributed by atoms with Crippen molar-refractivity contribution in [2.45, 2.75) is 19.4 Å². The fourth-order valence-corrected chi connectivity index (χ4v) is 1.24. The number of anilines is 1. The molecular weight excluding hydrogens is 170 g/mol. The molecule has 5 nitrogen and oxygen atoms in total. The second-order valence-electron chi connectivity index (χ2n) is 3.44. The minimum atomic E-state index is -0.503. The largest absolute Gasteiger partial charge is 0.393 e. The monoisotopic (exact) mass is 181 g/mol. The normalized spacial score (nSPS) is 16.0. The summed E-state index contributed by atoms with van der Waals surface area (Å²) in [6, 6.07) is 0. The Morgan fingerprint density at radius 1 is 1.54 bits per heavy atom. The fraction of sp³-hybridized carbons (Fsp3) is 0.500. The van der Waals surface area contributed by atoms with Crippen molar-refractivity contribution in [3.8, 4) is 0 Å². The number of hydrogen-bond donors (Lipinski definition) is 2.